The third-order valence-corrected chi connectivity index (χ3v) is 4.00. The van der Waals surface area contributed by atoms with Crippen molar-refractivity contribution in [2.45, 2.75) is 19.5 Å². The van der Waals surface area contributed by atoms with Crippen LogP contribution in [-0.2, 0) is 6.54 Å². The average molecular weight is 295 g/mol. The molecule has 0 amide bonds. The van der Waals surface area contributed by atoms with Crippen LogP contribution in [0, 0.1) is 6.92 Å². The van der Waals surface area contributed by atoms with Crippen LogP contribution in [0.2, 0.25) is 0 Å². The summed E-state index contributed by atoms with van der Waals surface area (Å²) in [5.41, 5.74) is 3.59. The van der Waals surface area contributed by atoms with Crippen molar-refractivity contribution in [2.24, 2.45) is 0 Å². The highest BCUT2D eigenvalue weighted by Gasteiger charge is 2.18. The summed E-state index contributed by atoms with van der Waals surface area (Å²) < 4.78 is 2.17. The van der Waals surface area contributed by atoms with Crippen molar-refractivity contribution < 1.29 is 0 Å². The number of imidazole rings is 2. The second kappa shape index (κ2) is 6.15. The maximum atomic E-state index is 4.46. The number of aryl methyl sites for hydroxylation is 1. The lowest BCUT2D eigenvalue weighted by atomic mass is 10.0. The van der Waals surface area contributed by atoms with E-state index in [1.165, 1.54) is 11.1 Å². The molecule has 0 fully saturated rings. The summed E-state index contributed by atoms with van der Waals surface area (Å²) in [5, 5.41) is 0. The monoisotopic (exact) mass is 295 g/mol. The van der Waals surface area contributed by atoms with Crippen molar-refractivity contribution >= 4 is 0 Å². The van der Waals surface area contributed by atoms with Crippen LogP contribution in [0.3, 0.4) is 0 Å². The molecule has 5 nitrogen and oxygen atoms in total. The van der Waals surface area contributed by atoms with E-state index >= 15 is 0 Å². The van der Waals surface area contributed by atoms with Gasteiger partial charge in [-0.2, -0.15) is 0 Å². The molecule has 22 heavy (non-hydrogen) atoms. The van der Waals surface area contributed by atoms with Gasteiger partial charge < -0.3 is 14.5 Å². The molecule has 1 atom stereocenters. The second-order valence-electron chi connectivity index (χ2n) is 5.70. The third kappa shape index (κ3) is 2.80. The molecule has 0 spiro atoms. The molecule has 0 radical (unpaired) electrons. The van der Waals surface area contributed by atoms with Gasteiger partial charge in [0, 0.05) is 18.9 Å². The Balaban J connectivity index is 1.93. The number of nitrogens with zero attached hydrogens (tertiary/aromatic N) is 4. The van der Waals surface area contributed by atoms with Crippen molar-refractivity contribution in [3.63, 3.8) is 0 Å². The standard InChI is InChI=1S/C17H21N5/c1-13-6-4-5-7-14(13)16(21(2)3)11-22-9-8-19-17(22)15-10-18-12-20-15/h4-10,12,16H,11H2,1-3H3,(H,18,20)/t16-/m1/s1. The zero-order valence-corrected chi connectivity index (χ0v) is 13.2. The fraction of sp³-hybridized carbons (Fsp3) is 0.294. The first kappa shape index (κ1) is 14.5. The predicted octanol–water partition coefficient (Wildman–Crippen LogP) is 2.88. The van der Waals surface area contributed by atoms with Crippen LogP contribution in [0.1, 0.15) is 17.2 Å². The molecule has 3 rings (SSSR count). The number of benzene rings is 1. The van der Waals surface area contributed by atoms with E-state index in [0.717, 1.165) is 18.1 Å². The smallest absolute Gasteiger partial charge is 0.158 e. The highest BCUT2D eigenvalue weighted by atomic mass is 15.2. The van der Waals surface area contributed by atoms with Crippen molar-refractivity contribution in [1.82, 2.24) is 24.4 Å². The maximum Gasteiger partial charge on any atom is 0.158 e. The molecule has 3 aromatic rings. The van der Waals surface area contributed by atoms with Gasteiger partial charge >= 0.3 is 0 Å². The Morgan fingerprint density at radius 3 is 2.77 bits per heavy atom. The quantitative estimate of drug-likeness (QED) is 0.787. The predicted molar refractivity (Wildman–Crippen MR) is 87.4 cm³/mol. The summed E-state index contributed by atoms with van der Waals surface area (Å²) in [5.74, 6) is 0.915. The Morgan fingerprint density at radius 2 is 2.09 bits per heavy atom. The van der Waals surface area contributed by atoms with Gasteiger partial charge in [0.15, 0.2) is 5.82 Å². The first-order valence-electron chi connectivity index (χ1n) is 7.38. The Morgan fingerprint density at radius 1 is 1.27 bits per heavy atom. The molecule has 0 bridgehead atoms. The summed E-state index contributed by atoms with van der Waals surface area (Å²) >= 11 is 0. The molecule has 0 aliphatic heterocycles. The van der Waals surface area contributed by atoms with Crippen molar-refractivity contribution in [3.8, 4) is 11.5 Å². The van der Waals surface area contributed by atoms with E-state index in [0.29, 0.717) is 0 Å². The SMILES string of the molecule is Cc1ccccc1[C@@H](Cn1ccnc1-c1cnc[nH]1)N(C)C. The lowest BCUT2D eigenvalue weighted by Crippen LogP contribution is -2.25. The van der Waals surface area contributed by atoms with Crippen LogP contribution in [0.5, 0.6) is 0 Å². The van der Waals surface area contributed by atoms with E-state index in [9.17, 15) is 0 Å². The van der Waals surface area contributed by atoms with E-state index < -0.39 is 0 Å². The molecule has 2 heterocycles. The first-order chi connectivity index (χ1) is 10.7. The minimum Gasteiger partial charge on any atom is -0.342 e. The van der Waals surface area contributed by atoms with Crippen LogP contribution < -0.4 is 0 Å². The summed E-state index contributed by atoms with van der Waals surface area (Å²) in [7, 11) is 4.23. The fourth-order valence-corrected chi connectivity index (χ4v) is 2.77. The minimum atomic E-state index is 0.289. The largest absolute Gasteiger partial charge is 0.342 e. The van der Waals surface area contributed by atoms with Gasteiger partial charge in [0.1, 0.15) is 5.69 Å². The number of rotatable bonds is 5. The number of likely N-dealkylation sites (N-methyl/N-ethyl adjacent to an activating group) is 1. The lowest BCUT2D eigenvalue weighted by molar-refractivity contribution is 0.269. The number of aromatic amines is 1. The summed E-state index contributed by atoms with van der Waals surface area (Å²) in [6.07, 6.45) is 7.34. The van der Waals surface area contributed by atoms with Gasteiger partial charge in [0.25, 0.3) is 0 Å². The second-order valence-corrected chi connectivity index (χ2v) is 5.70. The zero-order chi connectivity index (χ0) is 15.5. The molecule has 114 valence electrons. The van der Waals surface area contributed by atoms with Gasteiger partial charge in [0.2, 0.25) is 0 Å². The van der Waals surface area contributed by atoms with Gasteiger partial charge in [0.05, 0.1) is 18.6 Å². The number of H-pyrrole nitrogens is 1. The normalized spacial score (nSPS) is 12.7. The molecule has 2 aromatic heterocycles. The molecular formula is C17H21N5. The lowest BCUT2D eigenvalue weighted by Gasteiger charge is -2.27. The Hall–Kier alpha value is -2.40. The molecule has 1 aromatic carbocycles. The van der Waals surface area contributed by atoms with Gasteiger partial charge in [-0.15, -0.1) is 0 Å². The summed E-state index contributed by atoms with van der Waals surface area (Å²) in [6.45, 7) is 3.00. The highest BCUT2D eigenvalue weighted by molar-refractivity contribution is 5.48. The summed E-state index contributed by atoms with van der Waals surface area (Å²) in [6, 6.07) is 8.83. The molecular weight excluding hydrogens is 274 g/mol. The molecule has 0 aliphatic carbocycles. The first-order valence-corrected chi connectivity index (χ1v) is 7.38. The van der Waals surface area contributed by atoms with Crippen LogP contribution in [-0.4, -0.2) is 38.5 Å². The van der Waals surface area contributed by atoms with Crippen molar-refractivity contribution in [2.75, 3.05) is 14.1 Å². The molecule has 0 unspecified atom stereocenters. The van der Waals surface area contributed by atoms with E-state index in [4.69, 9.17) is 0 Å². The summed E-state index contributed by atoms with van der Waals surface area (Å²) in [4.78, 5) is 13.9. The Labute approximate surface area is 130 Å². The zero-order valence-electron chi connectivity index (χ0n) is 13.2. The minimum absolute atomic E-state index is 0.289. The average Bonchev–Trinajstić information content (AvgIpc) is 3.16. The van der Waals surface area contributed by atoms with E-state index in [1.54, 1.807) is 12.5 Å². The fourth-order valence-electron chi connectivity index (χ4n) is 2.77. The van der Waals surface area contributed by atoms with Crippen LogP contribution in [0.15, 0.2) is 49.2 Å². The van der Waals surface area contributed by atoms with Crippen LogP contribution >= 0.6 is 0 Å². The topological polar surface area (TPSA) is 49.7 Å². The third-order valence-electron chi connectivity index (χ3n) is 4.00. The Kier molecular flexibility index (Phi) is 4.06. The number of nitrogens with one attached hydrogen (secondary N) is 1. The van der Waals surface area contributed by atoms with E-state index in [1.807, 2.05) is 12.4 Å². The van der Waals surface area contributed by atoms with Gasteiger partial charge in [-0.1, -0.05) is 24.3 Å². The number of aromatic nitrogens is 4. The molecule has 5 heteroatoms. The molecule has 0 aliphatic rings. The molecule has 1 N–H and O–H groups in total. The molecule has 0 saturated heterocycles. The number of hydrogen-bond acceptors (Lipinski definition) is 3. The number of hydrogen-bond donors (Lipinski definition) is 1. The van der Waals surface area contributed by atoms with E-state index in [-0.39, 0.29) is 6.04 Å². The maximum absolute atomic E-state index is 4.46. The van der Waals surface area contributed by atoms with Crippen molar-refractivity contribution in [3.05, 3.63) is 60.3 Å². The highest BCUT2D eigenvalue weighted by Crippen LogP contribution is 2.25. The van der Waals surface area contributed by atoms with Crippen LogP contribution in [0.25, 0.3) is 11.5 Å². The van der Waals surface area contributed by atoms with Gasteiger partial charge in [-0.25, -0.2) is 9.97 Å². The van der Waals surface area contributed by atoms with Crippen molar-refractivity contribution in [1.29, 1.82) is 0 Å². The van der Waals surface area contributed by atoms with E-state index in [2.05, 4.69) is 69.7 Å². The molecule has 0 saturated carbocycles. The van der Waals surface area contributed by atoms with Gasteiger partial charge in [-0.3, -0.25) is 0 Å². The van der Waals surface area contributed by atoms with Gasteiger partial charge in [-0.05, 0) is 32.1 Å². The van der Waals surface area contributed by atoms with Crippen LogP contribution in [0.4, 0.5) is 0 Å². The Bertz CT molecular complexity index is 727.